The number of para-hydroxylation sites is 2. The van der Waals surface area contributed by atoms with Crippen LogP contribution in [0.2, 0.25) is 0 Å². The van der Waals surface area contributed by atoms with Crippen molar-refractivity contribution in [1.82, 2.24) is 19.9 Å². The molecule has 4 rings (SSSR count). The van der Waals surface area contributed by atoms with Crippen LogP contribution < -0.4 is 10.6 Å². The molecule has 0 bridgehead atoms. The lowest BCUT2D eigenvalue weighted by molar-refractivity contribution is -0.118. The van der Waals surface area contributed by atoms with Gasteiger partial charge in [-0.2, -0.15) is 0 Å². The minimum atomic E-state index is -0.125. The fourth-order valence-electron chi connectivity index (χ4n) is 3.21. The van der Waals surface area contributed by atoms with E-state index in [4.69, 9.17) is 0 Å². The van der Waals surface area contributed by atoms with Gasteiger partial charge >= 0.3 is 0 Å². The average molecular weight is 446 g/mol. The van der Waals surface area contributed by atoms with Gasteiger partial charge in [0.2, 0.25) is 11.8 Å². The zero-order valence-corrected chi connectivity index (χ0v) is 18.4. The molecule has 4 aromatic rings. The van der Waals surface area contributed by atoms with Gasteiger partial charge in [0.15, 0.2) is 0 Å². The van der Waals surface area contributed by atoms with E-state index in [0.717, 1.165) is 33.7 Å². The second kappa shape index (κ2) is 10.1. The zero-order chi connectivity index (χ0) is 22.3. The molecular weight excluding hydrogens is 422 g/mol. The molecule has 0 atom stereocenters. The summed E-state index contributed by atoms with van der Waals surface area (Å²) < 4.78 is 1.93. The van der Waals surface area contributed by atoms with E-state index in [9.17, 15) is 9.59 Å². The topological polar surface area (TPSA) is 88.9 Å². The normalized spacial score (nSPS) is 10.8. The van der Waals surface area contributed by atoms with Crippen LogP contribution in [-0.4, -0.2) is 37.9 Å². The molecule has 162 valence electrons. The number of anilines is 1. The summed E-state index contributed by atoms with van der Waals surface area (Å²) in [5.41, 5.74) is 4.64. The summed E-state index contributed by atoms with van der Waals surface area (Å²) in [4.78, 5) is 33.0. The lowest BCUT2D eigenvalue weighted by atomic mass is 10.2. The number of benzene rings is 2. The summed E-state index contributed by atoms with van der Waals surface area (Å²) in [5.74, 6) is 0.955. The molecule has 2 aromatic heterocycles. The number of amides is 2. The van der Waals surface area contributed by atoms with E-state index < -0.39 is 0 Å². The van der Waals surface area contributed by atoms with Crippen LogP contribution in [0.4, 0.5) is 5.69 Å². The van der Waals surface area contributed by atoms with E-state index in [-0.39, 0.29) is 23.3 Å². The monoisotopic (exact) mass is 445 g/mol. The minimum absolute atomic E-state index is 0.122. The Morgan fingerprint density at radius 2 is 1.81 bits per heavy atom. The summed E-state index contributed by atoms with van der Waals surface area (Å²) in [7, 11) is 0. The number of carbonyl (C=O) groups is 2. The Hall–Kier alpha value is -3.65. The lowest BCUT2D eigenvalue weighted by Crippen LogP contribution is -2.25. The summed E-state index contributed by atoms with van der Waals surface area (Å²) in [6.45, 7) is 2.35. The first kappa shape index (κ1) is 21.6. The summed E-state index contributed by atoms with van der Waals surface area (Å²) in [6, 6.07) is 19.3. The van der Waals surface area contributed by atoms with Crippen LogP contribution in [0.25, 0.3) is 16.9 Å². The molecule has 0 aliphatic rings. The third-order valence-electron chi connectivity index (χ3n) is 4.77. The molecule has 2 heterocycles. The van der Waals surface area contributed by atoms with Gasteiger partial charge in [-0.05, 0) is 48.4 Å². The molecule has 2 aromatic carbocycles. The van der Waals surface area contributed by atoms with Crippen molar-refractivity contribution in [3.63, 3.8) is 0 Å². The van der Waals surface area contributed by atoms with Crippen LogP contribution in [0, 0.1) is 6.92 Å². The highest BCUT2D eigenvalue weighted by Crippen LogP contribution is 2.16. The second-order valence-electron chi connectivity index (χ2n) is 7.32. The second-order valence-corrected chi connectivity index (χ2v) is 8.30. The Morgan fingerprint density at radius 1 is 0.969 bits per heavy atom. The number of nitrogens with one attached hydrogen (secondary N) is 2. The first-order valence-electron chi connectivity index (χ1n) is 10.2. The number of aryl methyl sites for hydroxylation is 1. The predicted molar refractivity (Wildman–Crippen MR) is 128 cm³/mol. The molecular formula is C24H23N5O2S. The molecule has 2 N–H and O–H groups in total. The maximum atomic E-state index is 12.1. The van der Waals surface area contributed by atoms with E-state index in [1.54, 1.807) is 12.5 Å². The summed E-state index contributed by atoms with van der Waals surface area (Å²) in [5, 5.41) is 5.70. The molecule has 0 aliphatic carbocycles. The number of thioether (sulfide) groups is 1. The first-order valence-corrected chi connectivity index (χ1v) is 11.3. The number of fused-ring (bicyclic) bond motifs is 1. The Labute approximate surface area is 190 Å². The number of nitrogens with zero attached hydrogens (tertiary/aromatic N) is 3. The molecule has 0 unspecified atom stereocenters. The van der Waals surface area contributed by atoms with Crippen LogP contribution in [0.1, 0.15) is 11.1 Å². The van der Waals surface area contributed by atoms with Gasteiger partial charge in [0.1, 0.15) is 12.1 Å². The molecule has 0 spiro atoms. The molecule has 0 saturated heterocycles. The van der Waals surface area contributed by atoms with E-state index >= 15 is 0 Å². The van der Waals surface area contributed by atoms with Crippen molar-refractivity contribution in [3.05, 3.63) is 84.3 Å². The Morgan fingerprint density at radius 3 is 2.62 bits per heavy atom. The molecule has 8 heteroatoms. The number of hydrogen-bond donors (Lipinski definition) is 2. The van der Waals surface area contributed by atoms with Gasteiger partial charge in [-0.3, -0.25) is 14.2 Å². The SMILES string of the molecule is Cc1cccc(NC(=O)CSCC(=O)NCc2ccc(-n3cnc4ccccc43)nc2)c1. The number of carbonyl (C=O) groups excluding carboxylic acids is 2. The Kier molecular flexibility index (Phi) is 6.81. The van der Waals surface area contributed by atoms with Crippen LogP contribution in [0.15, 0.2) is 73.2 Å². The number of pyridine rings is 1. The maximum Gasteiger partial charge on any atom is 0.234 e. The molecule has 32 heavy (non-hydrogen) atoms. The fourth-order valence-corrected chi connectivity index (χ4v) is 3.86. The molecule has 0 radical (unpaired) electrons. The van der Waals surface area contributed by atoms with Gasteiger partial charge in [0, 0.05) is 18.4 Å². The highest BCUT2D eigenvalue weighted by Gasteiger charge is 2.08. The summed E-state index contributed by atoms with van der Waals surface area (Å²) in [6.07, 6.45) is 3.49. The predicted octanol–water partition coefficient (Wildman–Crippen LogP) is 3.72. The van der Waals surface area contributed by atoms with Gasteiger partial charge in [-0.1, -0.05) is 30.3 Å². The molecule has 0 fully saturated rings. The fraction of sp³-hybridized carbons (Fsp3) is 0.167. The molecule has 0 aliphatic heterocycles. The number of rotatable bonds is 8. The highest BCUT2D eigenvalue weighted by molar-refractivity contribution is 8.00. The summed E-state index contributed by atoms with van der Waals surface area (Å²) >= 11 is 1.28. The van der Waals surface area contributed by atoms with Crippen molar-refractivity contribution in [1.29, 1.82) is 0 Å². The highest BCUT2D eigenvalue weighted by atomic mass is 32.2. The van der Waals surface area contributed by atoms with Gasteiger partial charge < -0.3 is 10.6 Å². The van der Waals surface area contributed by atoms with E-state index in [2.05, 4.69) is 20.6 Å². The van der Waals surface area contributed by atoms with Crippen LogP contribution in [-0.2, 0) is 16.1 Å². The van der Waals surface area contributed by atoms with Gasteiger partial charge in [-0.25, -0.2) is 9.97 Å². The molecule has 7 nitrogen and oxygen atoms in total. The standard InChI is InChI=1S/C24H23N5O2S/c1-17-5-4-6-19(11-17)28-24(31)15-32-14-23(30)26-13-18-9-10-22(25-12-18)29-16-27-20-7-2-3-8-21(20)29/h2-12,16H,13-15H2,1H3,(H,26,30)(H,28,31). The average Bonchev–Trinajstić information content (AvgIpc) is 3.22. The van der Waals surface area contributed by atoms with Crippen molar-refractivity contribution in [2.75, 3.05) is 16.8 Å². The van der Waals surface area contributed by atoms with Crippen LogP contribution >= 0.6 is 11.8 Å². The van der Waals surface area contributed by atoms with Crippen molar-refractivity contribution < 1.29 is 9.59 Å². The van der Waals surface area contributed by atoms with Crippen molar-refractivity contribution in [2.45, 2.75) is 13.5 Å². The largest absolute Gasteiger partial charge is 0.351 e. The van der Waals surface area contributed by atoms with Crippen LogP contribution in [0.3, 0.4) is 0 Å². The molecule has 0 saturated carbocycles. The van der Waals surface area contributed by atoms with Crippen molar-refractivity contribution in [2.24, 2.45) is 0 Å². The van der Waals surface area contributed by atoms with Crippen molar-refractivity contribution in [3.8, 4) is 5.82 Å². The zero-order valence-electron chi connectivity index (χ0n) is 17.6. The van der Waals surface area contributed by atoms with Crippen molar-refractivity contribution >= 4 is 40.3 Å². The third kappa shape index (κ3) is 5.53. The van der Waals surface area contributed by atoms with Gasteiger partial charge in [0.05, 0.1) is 22.5 Å². The lowest BCUT2D eigenvalue weighted by Gasteiger charge is -2.08. The number of aromatic nitrogens is 3. The van der Waals surface area contributed by atoms with Gasteiger partial charge in [-0.15, -0.1) is 11.8 Å². The number of imidazole rings is 1. The molecule has 2 amide bonds. The third-order valence-corrected chi connectivity index (χ3v) is 5.70. The first-order chi connectivity index (χ1) is 15.6. The minimum Gasteiger partial charge on any atom is -0.351 e. The van der Waals surface area contributed by atoms with E-state index in [1.165, 1.54) is 11.8 Å². The van der Waals surface area contributed by atoms with E-state index in [1.807, 2.05) is 72.2 Å². The smallest absolute Gasteiger partial charge is 0.234 e. The van der Waals surface area contributed by atoms with Crippen LogP contribution in [0.5, 0.6) is 0 Å². The van der Waals surface area contributed by atoms with Gasteiger partial charge in [0.25, 0.3) is 0 Å². The quantitative estimate of drug-likeness (QED) is 0.432. The number of hydrogen-bond acceptors (Lipinski definition) is 5. The Balaban J connectivity index is 1.21. The maximum absolute atomic E-state index is 12.1. The van der Waals surface area contributed by atoms with E-state index in [0.29, 0.717) is 6.54 Å². The Bertz CT molecular complexity index is 1240.